The van der Waals surface area contributed by atoms with Crippen LogP contribution >= 0.6 is 0 Å². The molecule has 7 rings (SSSR count). The van der Waals surface area contributed by atoms with Crippen LogP contribution in [0.2, 0.25) is 0 Å². The molecule has 0 radical (unpaired) electrons. The summed E-state index contributed by atoms with van der Waals surface area (Å²) in [5.41, 5.74) is 15.1. The van der Waals surface area contributed by atoms with Crippen LogP contribution in [-0.2, 0) is 23.7 Å². The van der Waals surface area contributed by atoms with E-state index in [1.54, 1.807) is 0 Å². The topological polar surface area (TPSA) is 6.48 Å². The molecule has 0 amide bonds. The quantitative estimate of drug-likeness (QED) is 0.0543. The van der Waals surface area contributed by atoms with E-state index in [1.165, 1.54) is 122 Å². The number of aryl methyl sites for hydroxylation is 2. The monoisotopic (exact) mass is 849 g/mol. The molecule has 7 aromatic rings. The highest BCUT2D eigenvalue weighted by Crippen LogP contribution is 2.52. The molecule has 0 fully saturated rings. The van der Waals surface area contributed by atoms with Gasteiger partial charge in [-0.05, 0) is 142 Å². The lowest BCUT2D eigenvalue weighted by atomic mass is 9.82. The van der Waals surface area contributed by atoms with Gasteiger partial charge < -0.3 is 9.80 Å². The van der Waals surface area contributed by atoms with E-state index in [0.717, 1.165) is 18.5 Å². The van der Waals surface area contributed by atoms with Crippen LogP contribution in [0.3, 0.4) is 0 Å². The second-order valence-corrected chi connectivity index (χ2v) is 21.1. The minimum absolute atomic E-state index is 0.0549. The fourth-order valence-corrected chi connectivity index (χ4v) is 9.19. The van der Waals surface area contributed by atoms with Gasteiger partial charge in [-0.25, -0.2) is 0 Å². The summed E-state index contributed by atoms with van der Waals surface area (Å²) in [5, 5.41) is 4.97. The molecule has 0 atom stereocenters. The molecule has 0 aliphatic carbocycles. The number of fused-ring (bicyclic) bond motifs is 2. The van der Waals surface area contributed by atoms with Crippen LogP contribution in [0, 0.1) is 0 Å². The summed E-state index contributed by atoms with van der Waals surface area (Å²) < 4.78 is 0. The van der Waals surface area contributed by atoms with Crippen molar-refractivity contribution in [2.24, 2.45) is 0 Å². The smallest absolute Gasteiger partial charge is 0.0620 e. The van der Waals surface area contributed by atoms with E-state index in [1.807, 2.05) is 0 Å². The van der Waals surface area contributed by atoms with Crippen LogP contribution in [0.1, 0.15) is 167 Å². The Morgan fingerprint density at radius 2 is 0.719 bits per heavy atom. The van der Waals surface area contributed by atoms with E-state index < -0.39 is 0 Å². The predicted molar refractivity (Wildman–Crippen MR) is 283 cm³/mol. The molecule has 0 bridgehead atoms. The first-order valence-corrected chi connectivity index (χ1v) is 24.6. The first kappa shape index (κ1) is 46.6. The van der Waals surface area contributed by atoms with Crippen LogP contribution < -0.4 is 9.80 Å². The molecule has 0 N–H and O–H groups in total. The van der Waals surface area contributed by atoms with Crippen molar-refractivity contribution in [1.82, 2.24) is 0 Å². The van der Waals surface area contributed by atoms with Gasteiger partial charge in [-0.1, -0.05) is 182 Å². The Bertz CT molecular complexity index is 2610. The second-order valence-electron chi connectivity index (χ2n) is 21.1. The third-order valence-electron chi connectivity index (χ3n) is 13.4. The molecular weight excluding hydrogens is 773 g/mol. The highest BCUT2D eigenvalue weighted by atomic mass is 15.2. The molecule has 2 heteroatoms. The van der Waals surface area contributed by atoms with Crippen molar-refractivity contribution >= 4 is 55.7 Å². The Balaban J connectivity index is 1.61. The Morgan fingerprint density at radius 3 is 1.05 bits per heavy atom. The van der Waals surface area contributed by atoms with Crippen LogP contribution in [0.4, 0.5) is 34.1 Å². The Morgan fingerprint density at radius 1 is 0.375 bits per heavy atom. The van der Waals surface area contributed by atoms with Crippen molar-refractivity contribution in [2.75, 3.05) is 9.80 Å². The zero-order valence-electron chi connectivity index (χ0n) is 41.4. The van der Waals surface area contributed by atoms with Gasteiger partial charge in [0.1, 0.15) is 0 Å². The minimum atomic E-state index is -0.0550. The number of benzene rings is 7. The number of nitrogens with zero attached hydrogens (tertiary/aromatic N) is 2. The maximum Gasteiger partial charge on any atom is 0.0620 e. The molecule has 64 heavy (non-hydrogen) atoms. The average Bonchev–Trinajstić information content (AvgIpc) is 3.28. The minimum Gasteiger partial charge on any atom is -0.309 e. The molecule has 0 aliphatic heterocycles. The van der Waals surface area contributed by atoms with Crippen molar-refractivity contribution < 1.29 is 0 Å². The Labute approximate surface area is 387 Å². The van der Waals surface area contributed by atoms with Crippen molar-refractivity contribution in [1.29, 1.82) is 0 Å². The van der Waals surface area contributed by atoms with Gasteiger partial charge in [-0.2, -0.15) is 0 Å². The van der Waals surface area contributed by atoms with E-state index in [-0.39, 0.29) is 10.8 Å². The van der Waals surface area contributed by atoms with E-state index >= 15 is 0 Å². The lowest BCUT2D eigenvalue weighted by molar-refractivity contribution is 0.590. The van der Waals surface area contributed by atoms with Crippen molar-refractivity contribution in [3.63, 3.8) is 0 Å². The van der Waals surface area contributed by atoms with Crippen molar-refractivity contribution in [3.8, 4) is 0 Å². The molecule has 0 aliphatic rings. The second kappa shape index (κ2) is 19.8. The average molecular weight is 849 g/mol. The van der Waals surface area contributed by atoms with Gasteiger partial charge in [-0.15, -0.1) is 0 Å². The van der Waals surface area contributed by atoms with E-state index in [4.69, 9.17) is 0 Å². The van der Waals surface area contributed by atoms with Gasteiger partial charge in [0.15, 0.2) is 0 Å². The van der Waals surface area contributed by atoms with Crippen molar-refractivity contribution in [3.05, 3.63) is 167 Å². The van der Waals surface area contributed by atoms with E-state index in [9.17, 15) is 0 Å². The summed E-state index contributed by atoms with van der Waals surface area (Å²) in [6.45, 7) is 27.8. The fourth-order valence-electron chi connectivity index (χ4n) is 9.19. The predicted octanol–water partition coefficient (Wildman–Crippen LogP) is 19.2. The van der Waals surface area contributed by atoms with Gasteiger partial charge in [0, 0.05) is 44.3 Å². The Hall–Kier alpha value is -5.34. The summed E-state index contributed by atoms with van der Waals surface area (Å²) in [5.74, 6) is 0.893. The first-order chi connectivity index (χ1) is 30.6. The Kier molecular flexibility index (Phi) is 14.4. The van der Waals surface area contributed by atoms with Crippen LogP contribution in [-0.4, -0.2) is 0 Å². The molecule has 0 saturated carbocycles. The van der Waals surface area contributed by atoms with Crippen LogP contribution in [0.5, 0.6) is 0 Å². The highest BCUT2D eigenvalue weighted by Gasteiger charge is 2.28. The summed E-state index contributed by atoms with van der Waals surface area (Å²) in [6.07, 6.45) is 9.66. The summed E-state index contributed by atoms with van der Waals surface area (Å²) in [4.78, 5) is 5.12. The van der Waals surface area contributed by atoms with Gasteiger partial charge >= 0.3 is 0 Å². The van der Waals surface area contributed by atoms with Gasteiger partial charge in [0.05, 0.1) is 11.4 Å². The van der Waals surface area contributed by atoms with Crippen LogP contribution in [0.15, 0.2) is 133 Å². The third-order valence-corrected chi connectivity index (χ3v) is 13.4. The first-order valence-electron chi connectivity index (χ1n) is 24.6. The normalized spacial score (nSPS) is 12.2. The van der Waals surface area contributed by atoms with Gasteiger partial charge in [-0.3, -0.25) is 0 Å². The number of hydrogen-bond donors (Lipinski definition) is 0. The molecule has 0 aromatic heterocycles. The molecule has 7 aromatic carbocycles. The lowest BCUT2D eigenvalue weighted by Crippen LogP contribution is -2.17. The van der Waals surface area contributed by atoms with Crippen molar-refractivity contribution in [2.45, 2.75) is 157 Å². The number of rotatable bonds is 16. The summed E-state index contributed by atoms with van der Waals surface area (Å²) >= 11 is 0. The molecule has 2 nitrogen and oxygen atoms in total. The maximum absolute atomic E-state index is 2.56. The molecular formula is C62H76N2. The zero-order valence-corrected chi connectivity index (χ0v) is 41.4. The fraction of sp³-hybridized carbons (Fsp3) is 0.387. The highest BCUT2D eigenvalue weighted by molar-refractivity contribution is 6.23. The third kappa shape index (κ3) is 10.3. The lowest BCUT2D eigenvalue weighted by Gasteiger charge is -2.34. The van der Waals surface area contributed by atoms with Crippen LogP contribution in [0.25, 0.3) is 21.5 Å². The standard InChI is InChI=1S/C62H76N2/c1-13-15-17-18-20-46-23-33-52(34-24-46)64(54-37-27-48(28-38-54)44(5)6)60-56-40-30-49(61(7,8)9)41-57(56)59(55-39-29-50(42-58(55)60)62(10,11)12)63(53-35-25-47(26-36-53)43(3)4)51-31-21-45(22-32-51)19-16-14-2/h21-44H,13-20H2,1-12H3. The number of hydrogen-bond acceptors (Lipinski definition) is 2. The molecule has 0 spiro atoms. The molecule has 0 saturated heterocycles. The van der Waals surface area contributed by atoms with E-state index in [2.05, 4.69) is 226 Å². The SMILES string of the molecule is CCCCCCc1ccc(N(c2ccc(C(C)C)cc2)c2c3ccc(C(C)(C)C)cc3c(N(c3ccc(CCCC)cc3)c3ccc(C(C)C)cc3)c3ccc(C(C)(C)C)cc23)cc1. The zero-order chi connectivity index (χ0) is 45.8. The maximum atomic E-state index is 2.56. The molecule has 0 heterocycles. The van der Waals surface area contributed by atoms with Gasteiger partial charge in [0.2, 0.25) is 0 Å². The summed E-state index contributed by atoms with van der Waals surface area (Å²) in [7, 11) is 0. The van der Waals surface area contributed by atoms with E-state index in [0.29, 0.717) is 11.8 Å². The number of anilines is 6. The largest absolute Gasteiger partial charge is 0.309 e. The molecule has 334 valence electrons. The summed E-state index contributed by atoms with van der Waals surface area (Å²) in [6, 6.07) is 52.3. The molecule has 0 unspecified atom stereocenters. The number of unbranched alkanes of at least 4 members (excludes halogenated alkanes) is 4. The van der Waals surface area contributed by atoms with Gasteiger partial charge in [0.25, 0.3) is 0 Å².